The number of methoxy groups -OCH3 is 1. The topological polar surface area (TPSA) is 84.7 Å². The van der Waals surface area contributed by atoms with Gasteiger partial charge in [0.2, 0.25) is 5.91 Å². The first kappa shape index (κ1) is 20.1. The number of ether oxygens (including phenoxy) is 1. The maximum Gasteiger partial charge on any atom is 0.290 e. The van der Waals surface area contributed by atoms with E-state index in [2.05, 4.69) is 10.3 Å². The zero-order valence-electron chi connectivity index (χ0n) is 17.2. The minimum atomic E-state index is -0.291. The second-order valence-electron chi connectivity index (χ2n) is 7.64. The first-order valence-corrected chi connectivity index (χ1v) is 10.1. The molecule has 156 valence electrons. The van der Waals surface area contributed by atoms with Crippen LogP contribution in [0.5, 0.6) is 0 Å². The normalized spacial score (nSPS) is 16.6. The Morgan fingerprint density at radius 3 is 2.87 bits per heavy atom. The highest BCUT2D eigenvalue weighted by atomic mass is 16.5. The average Bonchev–Trinajstić information content (AvgIpc) is 3.14. The molecule has 0 spiro atoms. The van der Waals surface area contributed by atoms with Gasteiger partial charge in [0.05, 0.1) is 12.5 Å². The van der Waals surface area contributed by atoms with Crippen LogP contribution < -0.4 is 5.32 Å². The zero-order chi connectivity index (χ0) is 21.1. The molecule has 2 amide bonds. The van der Waals surface area contributed by atoms with Gasteiger partial charge >= 0.3 is 0 Å². The van der Waals surface area contributed by atoms with Gasteiger partial charge < -0.3 is 19.4 Å². The van der Waals surface area contributed by atoms with E-state index in [0.29, 0.717) is 30.3 Å². The zero-order valence-corrected chi connectivity index (χ0v) is 17.2. The van der Waals surface area contributed by atoms with Crippen molar-refractivity contribution in [3.05, 3.63) is 59.5 Å². The summed E-state index contributed by atoms with van der Waals surface area (Å²) in [6.07, 6.45) is 3.20. The number of aromatic nitrogens is 1. The number of fused-ring (bicyclic) bond motifs is 1. The summed E-state index contributed by atoms with van der Waals surface area (Å²) < 4.78 is 11.2. The number of hydrogen-bond acceptors (Lipinski definition) is 5. The third-order valence-corrected chi connectivity index (χ3v) is 5.42. The summed E-state index contributed by atoms with van der Waals surface area (Å²) in [4.78, 5) is 31.9. The number of aryl methyl sites for hydroxylation is 1. The molecule has 7 nitrogen and oxygen atoms in total. The fourth-order valence-electron chi connectivity index (χ4n) is 3.85. The van der Waals surface area contributed by atoms with Crippen LogP contribution >= 0.6 is 0 Å². The van der Waals surface area contributed by atoms with E-state index in [1.807, 2.05) is 37.3 Å². The van der Waals surface area contributed by atoms with Gasteiger partial charge in [-0.1, -0.05) is 24.3 Å². The maximum atomic E-state index is 13.3. The third kappa shape index (κ3) is 4.07. The maximum absolute atomic E-state index is 13.3. The van der Waals surface area contributed by atoms with Crippen LogP contribution in [-0.4, -0.2) is 41.9 Å². The number of amides is 2. The molecule has 1 aliphatic rings. The molecule has 1 fully saturated rings. The minimum Gasteiger partial charge on any atom is -0.451 e. The Balaban J connectivity index is 1.51. The lowest BCUT2D eigenvalue weighted by atomic mass is 9.96. The molecule has 0 radical (unpaired) electrons. The largest absolute Gasteiger partial charge is 0.451 e. The van der Waals surface area contributed by atoms with E-state index in [-0.39, 0.29) is 24.3 Å². The molecule has 1 unspecified atom stereocenters. The predicted molar refractivity (Wildman–Crippen MR) is 113 cm³/mol. The van der Waals surface area contributed by atoms with Crippen molar-refractivity contribution < 1.29 is 18.7 Å². The monoisotopic (exact) mass is 407 g/mol. The van der Waals surface area contributed by atoms with Crippen molar-refractivity contribution in [1.82, 2.24) is 9.88 Å². The van der Waals surface area contributed by atoms with Gasteiger partial charge in [0.15, 0.2) is 5.76 Å². The van der Waals surface area contributed by atoms with Crippen molar-refractivity contribution in [3.8, 4) is 0 Å². The van der Waals surface area contributed by atoms with E-state index < -0.39 is 0 Å². The Morgan fingerprint density at radius 1 is 1.27 bits per heavy atom. The smallest absolute Gasteiger partial charge is 0.290 e. The van der Waals surface area contributed by atoms with E-state index in [1.165, 1.54) is 0 Å². The molecule has 0 saturated carbocycles. The molecular formula is C23H25N3O4. The van der Waals surface area contributed by atoms with Crippen LogP contribution in [0.2, 0.25) is 0 Å². The summed E-state index contributed by atoms with van der Waals surface area (Å²) >= 11 is 0. The van der Waals surface area contributed by atoms with Crippen LogP contribution in [0.15, 0.2) is 47.0 Å². The Bertz CT molecular complexity index is 1060. The molecule has 1 aromatic carbocycles. The lowest BCUT2D eigenvalue weighted by Crippen LogP contribution is -2.44. The number of carbonyl (C=O) groups is 2. The Morgan fingerprint density at radius 2 is 2.10 bits per heavy atom. The fourth-order valence-corrected chi connectivity index (χ4v) is 3.85. The number of piperidine rings is 1. The number of likely N-dealkylation sites (tertiary alicyclic amines) is 1. The molecule has 0 aliphatic carbocycles. The number of carbonyl (C=O) groups excluding carboxylic acids is 2. The lowest BCUT2D eigenvalue weighted by Gasteiger charge is -2.31. The van der Waals surface area contributed by atoms with E-state index in [1.54, 1.807) is 24.3 Å². The van der Waals surface area contributed by atoms with Crippen LogP contribution in [0, 0.1) is 12.8 Å². The van der Waals surface area contributed by atoms with Crippen molar-refractivity contribution in [2.24, 2.45) is 5.92 Å². The standard InChI is InChI=1S/C23H25N3O4/c1-15-9-10-20(24-12-15)25-22(27)16-6-5-11-26(13-16)23(28)21-18(14-29-2)17-7-3-4-8-19(17)30-21/h3-4,7-10,12,16H,5-6,11,13-14H2,1-2H3,(H,24,25,27). The van der Waals surface area contributed by atoms with E-state index in [0.717, 1.165) is 29.4 Å². The summed E-state index contributed by atoms with van der Waals surface area (Å²) in [5.74, 6) is 0.198. The highest BCUT2D eigenvalue weighted by Crippen LogP contribution is 2.29. The van der Waals surface area contributed by atoms with E-state index >= 15 is 0 Å². The molecule has 1 saturated heterocycles. The Hall–Kier alpha value is -3.19. The van der Waals surface area contributed by atoms with E-state index in [9.17, 15) is 9.59 Å². The van der Waals surface area contributed by atoms with Crippen molar-refractivity contribution in [1.29, 1.82) is 0 Å². The van der Waals surface area contributed by atoms with Gasteiger partial charge in [-0.15, -0.1) is 0 Å². The summed E-state index contributed by atoms with van der Waals surface area (Å²) in [6, 6.07) is 11.2. The highest BCUT2D eigenvalue weighted by molar-refractivity contribution is 5.99. The third-order valence-electron chi connectivity index (χ3n) is 5.42. The predicted octanol–water partition coefficient (Wildman–Crippen LogP) is 3.77. The average molecular weight is 407 g/mol. The fraction of sp³-hybridized carbons (Fsp3) is 0.348. The van der Waals surface area contributed by atoms with Crippen LogP contribution in [0.25, 0.3) is 11.0 Å². The molecule has 1 N–H and O–H groups in total. The Labute approximate surface area is 175 Å². The van der Waals surface area contributed by atoms with Crippen molar-refractivity contribution in [3.63, 3.8) is 0 Å². The van der Waals surface area contributed by atoms with Gasteiger partial charge in [0.1, 0.15) is 11.4 Å². The first-order chi connectivity index (χ1) is 14.6. The summed E-state index contributed by atoms with van der Waals surface area (Å²) in [6.45, 7) is 3.17. The number of benzene rings is 1. The van der Waals surface area contributed by atoms with Gasteiger partial charge in [0.25, 0.3) is 5.91 Å². The lowest BCUT2D eigenvalue weighted by molar-refractivity contribution is -0.121. The summed E-state index contributed by atoms with van der Waals surface area (Å²) in [5, 5.41) is 3.73. The highest BCUT2D eigenvalue weighted by Gasteiger charge is 2.32. The van der Waals surface area contributed by atoms with Gasteiger partial charge in [-0.3, -0.25) is 9.59 Å². The van der Waals surface area contributed by atoms with Crippen molar-refractivity contribution >= 4 is 28.6 Å². The SMILES string of the molecule is COCc1c(C(=O)N2CCCC(C(=O)Nc3ccc(C)cn3)C2)oc2ccccc12. The number of hydrogen-bond donors (Lipinski definition) is 1. The number of nitrogens with zero attached hydrogens (tertiary/aromatic N) is 2. The number of rotatable bonds is 5. The molecule has 0 bridgehead atoms. The Kier molecular flexibility index (Phi) is 5.81. The molecule has 3 aromatic rings. The van der Waals surface area contributed by atoms with Crippen molar-refractivity contribution in [2.45, 2.75) is 26.4 Å². The second-order valence-corrected chi connectivity index (χ2v) is 7.64. The second kappa shape index (κ2) is 8.67. The van der Waals surface area contributed by atoms with Gasteiger partial charge in [-0.25, -0.2) is 4.98 Å². The van der Waals surface area contributed by atoms with Crippen molar-refractivity contribution in [2.75, 3.05) is 25.5 Å². The number of anilines is 1. The van der Waals surface area contributed by atoms with Gasteiger partial charge in [-0.2, -0.15) is 0 Å². The van der Waals surface area contributed by atoms with Crippen LogP contribution in [-0.2, 0) is 16.1 Å². The quantitative estimate of drug-likeness (QED) is 0.696. The molecule has 7 heteroatoms. The molecule has 1 aliphatic heterocycles. The first-order valence-electron chi connectivity index (χ1n) is 10.1. The number of nitrogens with one attached hydrogen (secondary N) is 1. The van der Waals surface area contributed by atoms with E-state index in [4.69, 9.17) is 9.15 Å². The number of para-hydroxylation sites is 1. The summed E-state index contributed by atoms with van der Waals surface area (Å²) in [7, 11) is 1.59. The molecular weight excluding hydrogens is 382 g/mol. The molecule has 3 heterocycles. The van der Waals surface area contributed by atoms with Gasteiger partial charge in [0, 0.05) is 37.3 Å². The molecule has 2 aromatic heterocycles. The van der Waals surface area contributed by atoms with Crippen LogP contribution in [0.4, 0.5) is 5.82 Å². The van der Waals surface area contributed by atoms with Crippen LogP contribution in [0.1, 0.15) is 34.5 Å². The van der Waals surface area contributed by atoms with Gasteiger partial charge in [-0.05, 0) is 37.5 Å². The number of pyridine rings is 1. The number of furan rings is 1. The van der Waals surface area contributed by atoms with Crippen LogP contribution in [0.3, 0.4) is 0 Å². The summed E-state index contributed by atoms with van der Waals surface area (Å²) in [5.41, 5.74) is 2.43. The molecule has 4 rings (SSSR count). The molecule has 1 atom stereocenters. The minimum absolute atomic E-state index is 0.120. The molecule has 30 heavy (non-hydrogen) atoms.